The number of H-pyrrole nitrogens is 1. The summed E-state index contributed by atoms with van der Waals surface area (Å²) >= 11 is 12.4. The van der Waals surface area contributed by atoms with Crippen LogP contribution >= 0.6 is 23.2 Å². The number of aromatic nitrogens is 3. The van der Waals surface area contributed by atoms with E-state index in [0.717, 1.165) is 10.8 Å². The standard InChI is InChI=1S/C19H18Cl2F2N6O4/c1-7(8-5-19(22,23)6-8)10(16(26)30)4-13(24)33-14-11(20)2-9(3-12(14)21)29-18(32)27-17(31)15(25)28-29/h2-4,7-8,24H,5-6H2,1H3,(H2,25,28)(H2,26,30)(H,27,31,32)/b10-4-,24-13?/t7-/m1/s1. The molecule has 1 atom stereocenters. The first-order valence-electron chi connectivity index (χ1n) is 9.43. The Bertz CT molecular complexity index is 1260. The van der Waals surface area contributed by atoms with E-state index in [-0.39, 0.29) is 39.9 Å². The molecule has 2 aromatic rings. The van der Waals surface area contributed by atoms with Gasteiger partial charge in [-0.3, -0.25) is 20.0 Å². The Hall–Kier alpha value is -3.25. The first kappa shape index (κ1) is 24.4. The average molecular weight is 503 g/mol. The van der Waals surface area contributed by atoms with Crippen LogP contribution in [0.5, 0.6) is 5.75 Å². The number of carbonyl (C=O) groups is 1. The van der Waals surface area contributed by atoms with Crippen LogP contribution in [0, 0.1) is 17.2 Å². The molecule has 1 amide bonds. The van der Waals surface area contributed by atoms with Crippen LogP contribution in [0.25, 0.3) is 5.69 Å². The van der Waals surface area contributed by atoms with E-state index in [2.05, 4.69) is 5.10 Å². The molecule has 1 aromatic carbocycles. The number of benzene rings is 1. The minimum Gasteiger partial charge on any atom is -0.436 e. The van der Waals surface area contributed by atoms with Crippen LogP contribution < -0.4 is 27.5 Å². The number of nitrogen functional groups attached to an aromatic ring is 1. The molecule has 176 valence electrons. The number of rotatable bonds is 6. The van der Waals surface area contributed by atoms with E-state index in [4.69, 9.17) is 44.8 Å². The molecule has 1 fully saturated rings. The molecule has 0 spiro atoms. The van der Waals surface area contributed by atoms with E-state index in [0.29, 0.717) is 0 Å². The zero-order valence-corrected chi connectivity index (χ0v) is 18.5. The van der Waals surface area contributed by atoms with Gasteiger partial charge in [-0.1, -0.05) is 30.1 Å². The van der Waals surface area contributed by atoms with Crippen molar-refractivity contribution in [1.82, 2.24) is 14.8 Å². The van der Waals surface area contributed by atoms with Gasteiger partial charge in [0.15, 0.2) is 5.75 Å². The number of hydrogen-bond donors (Lipinski definition) is 4. The van der Waals surface area contributed by atoms with Gasteiger partial charge in [-0.05, 0) is 24.0 Å². The van der Waals surface area contributed by atoms with Gasteiger partial charge in [0.2, 0.25) is 23.5 Å². The zero-order valence-electron chi connectivity index (χ0n) is 17.0. The number of alkyl halides is 2. The lowest BCUT2D eigenvalue weighted by atomic mass is 9.71. The van der Waals surface area contributed by atoms with E-state index < -0.39 is 46.6 Å². The Morgan fingerprint density at radius 1 is 1.36 bits per heavy atom. The van der Waals surface area contributed by atoms with E-state index in [1.165, 1.54) is 12.1 Å². The zero-order chi connectivity index (χ0) is 24.7. The summed E-state index contributed by atoms with van der Waals surface area (Å²) in [7, 11) is 0. The molecule has 0 aliphatic heterocycles. The van der Waals surface area contributed by atoms with Gasteiger partial charge in [0.1, 0.15) is 0 Å². The largest absolute Gasteiger partial charge is 0.436 e. The lowest BCUT2D eigenvalue weighted by Crippen LogP contribution is -2.41. The molecule has 0 unspecified atom stereocenters. The average Bonchev–Trinajstić information content (AvgIpc) is 2.68. The molecular weight excluding hydrogens is 485 g/mol. The molecule has 33 heavy (non-hydrogen) atoms. The smallest absolute Gasteiger partial charge is 0.349 e. The van der Waals surface area contributed by atoms with Crippen LogP contribution in [0.4, 0.5) is 14.6 Å². The molecule has 1 aliphatic carbocycles. The highest BCUT2D eigenvalue weighted by Crippen LogP contribution is 2.47. The lowest BCUT2D eigenvalue weighted by molar-refractivity contribution is -0.126. The number of hydrogen-bond acceptors (Lipinski definition) is 7. The number of nitrogens with two attached hydrogens (primary N) is 2. The SMILES string of the molecule is C[C@@H](/C(=C/C(=N)Oc1c(Cl)cc(-n2nc(N)c(=O)[nH]c2=O)cc1Cl)C(N)=O)C1CC(F)(F)C1. The lowest BCUT2D eigenvalue weighted by Gasteiger charge is -2.39. The summed E-state index contributed by atoms with van der Waals surface area (Å²) in [5.41, 5.74) is 9.03. The summed E-state index contributed by atoms with van der Waals surface area (Å²) in [5.74, 6) is -5.95. The summed E-state index contributed by atoms with van der Waals surface area (Å²) in [4.78, 5) is 37.2. The van der Waals surface area contributed by atoms with Crippen molar-refractivity contribution in [2.75, 3.05) is 5.73 Å². The fourth-order valence-electron chi connectivity index (χ4n) is 3.38. The molecule has 1 aromatic heterocycles. The highest BCUT2D eigenvalue weighted by Gasteiger charge is 2.48. The molecule has 0 saturated heterocycles. The van der Waals surface area contributed by atoms with Gasteiger partial charge in [-0.15, -0.1) is 5.10 Å². The number of halogens is 4. The third-order valence-corrected chi connectivity index (χ3v) is 5.74. The van der Waals surface area contributed by atoms with Crippen LogP contribution in [0.15, 0.2) is 33.4 Å². The fraction of sp³-hybridized carbons (Fsp3) is 0.316. The number of aromatic amines is 1. The Labute approximate surface area is 194 Å². The summed E-state index contributed by atoms with van der Waals surface area (Å²) < 4.78 is 32.5. The highest BCUT2D eigenvalue weighted by molar-refractivity contribution is 6.37. The molecule has 0 bridgehead atoms. The topological polar surface area (TPSA) is 170 Å². The number of ether oxygens (including phenoxy) is 1. The number of carbonyl (C=O) groups excluding carboxylic acids is 1. The van der Waals surface area contributed by atoms with Crippen molar-refractivity contribution in [2.24, 2.45) is 17.6 Å². The van der Waals surface area contributed by atoms with Crippen molar-refractivity contribution in [2.45, 2.75) is 25.7 Å². The molecule has 10 nitrogen and oxygen atoms in total. The minimum absolute atomic E-state index is 0.0460. The Balaban J connectivity index is 1.86. The van der Waals surface area contributed by atoms with Crippen LogP contribution in [-0.2, 0) is 4.79 Å². The monoisotopic (exact) mass is 502 g/mol. The second-order valence-electron chi connectivity index (χ2n) is 7.54. The maximum Gasteiger partial charge on any atom is 0.349 e. The molecule has 0 radical (unpaired) electrons. The first-order valence-corrected chi connectivity index (χ1v) is 10.2. The second kappa shape index (κ2) is 8.94. The van der Waals surface area contributed by atoms with Gasteiger partial charge in [0.05, 0.1) is 15.7 Å². The van der Waals surface area contributed by atoms with E-state index in [1.54, 1.807) is 6.92 Å². The second-order valence-corrected chi connectivity index (χ2v) is 8.35. The van der Waals surface area contributed by atoms with Crippen molar-refractivity contribution in [1.29, 1.82) is 5.41 Å². The third-order valence-electron chi connectivity index (χ3n) is 5.18. The molecule has 1 saturated carbocycles. The quantitative estimate of drug-likeness (QED) is 0.268. The van der Waals surface area contributed by atoms with Crippen LogP contribution in [-0.4, -0.2) is 32.5 Å². The number of anilines is 1. The maximum atomic E-state index is 13.2. The van der Waals surface area contributed by atoms with Gasteiger partial charge in [0.25, 0.3) is 5.56 Å². The number of primary amides is 1. The normalized spacial score (nSPS) is 16.7. The van der Waals surface area contributed by atoms with Crippen LogP contribution in [0.2, 0.25) is 10.0 Å². The number of amides is 1. The molecule has 1 heterocycles. The van der Waals surface area contributed by atoms with Gasteiger partial charge < -0.3 is 16.2 Å². The molecular formula is C19H18Cl2F2N6O4. The molecule has 1 aliphatic rings. The molecule has 6 N–H and O–H groups in total. The summed E-state index contributed by atoms with van der Waals surface area (Å²) in [5, 5.41) is 11.4. The summed E-state index contributed by atoms with van der Waals surface area (Å²) in [6, 6.07) is 2.44. The van der Waals surface area contributed by atoms with Crippen LogP contribution in [0.1, 0.15) is 19.8 Å². The van der Waals surface area contributed by atoms with Gasteiger partial charge in [0, 0.05) is 24.5 Å². The Morgan fingerprint density at radius 3 is 2.45 bits per heavy atom. The van der Waals surface area contributed by atoms with Gasteiger partial charge in [-0.2, -0.15) is 4.68 Å². The van der Waals surface area contributed by atoms with E-state index in [9.17, 15) is 23.2 Å². The summed E-state index contributed by atoms with van der Waals surface area (Å²) in [6.07, 6.45) is 0.266. The van der Waals surface area contributed by atoms with E-state index >= 15 is 0 Å². The number of nitrogens with zero attached hydrogens (tertiary/aromatic N) is 2. The Kier molecular flexibility index (Phi) is 6.61. The maximum absolute atomic E-state index is 13.2. The first-order chi connectivity index (χ1) is 15.3. The van der Waals surface area contributed by atoms with Crippen molar-refractivity contribution >= 4 is 40.8 Å². The molecule has 3 rings (SSSR count). The minimum atomic E-state index is -2.78. The van der Waals surface area contributed by atoms with Gasteiger partial charge >= 0.3 is 5.69 Å². The predicted molar refractivity (Wildman–Crippen MR) is 117 cm³/mol. The predicted octanol–water partition coefficient (Wildman–Crippen LogP) is 2.26. The third kappa shape index (κ3) is 5.22. The van der Waals surface area contributed by atoms with Crippen LogP contribution in [0.3, 0.4) is 0 Å². The number of nitrogens with one attached hydrogen (secondary N) is 2. The van der Waals surface area contributed by atoms with E-state index in [1.807, 2.05) is 4.98 Å². The van der Waals surface area contributed by atoms with Crippen molar-refractivity contribution in [3.05, 3.63) is 54.7 Å². The highest BCUT2D eigenvalue weighted by atomic mass is 35.5. The van der Waals surface area contributed by atoms with Crippen molar-refractivity contribution < 1.29 is 18.3 Å². The Morgan fingerprint density at radius 2 is 1.94 bits per heavy atom. The van der Waals surface area contributed by atoms with Crippen molar-refractivity contribution in [3.8, 4) is 11.4 Å². The van der Waals surface area contributed by atoms with Gasteiger partial charge in [-0.25, -0.2) is 13.6 Å². The van der Waals surface area contributed by atoms with Crippen molar-refractivity contribution in [3.63, 3.8) is 0 Å². The summed E-state index contributed by atoms with van der Waals surface area (Å²) in [6.45, 7) is 1.57. The molecule has 14 heteroatoms. The fourth-order valence-corrected chi connectivity index (χ4v) is 3.93.